The van der Waals surface area contributed by atoms with Crippen LogP contribution < -0.4 is 10.6 Å². The Morgan fingerprint density at radius 3 is 2.08 bits per heavy atom. The maximum Gasteiger partial charge on any atom is 0.328 e. The summed E-state index contributed by atoms with van der Waals surface area (Å²) in [6, 6.07) is 14.4. The van der Waals surface area contributed by atoms with Gasteiger partial charge in [0.1, 0.15) is 5.92 Å². The summed E-state index contributed by atoms with van der Waals surface area (Å²) in [5.74, 6) is -3.53. The van der Waals surface area contributed by atoms with E-state index in [9.17, 15) is 19.2 Å². The van der Waals surface area contributed by atoms with Gasteiger partial charge in [0.15, 0.2) is 5.78 Å². The van der Waals surface area contributed by atoms with Crippen LogP contribution in [0.25, 0.3) is 0 Å². The van der Waals surface area contributed by atoms with Crippen LogP contribution in [0.5, 0.6) is 0 Å². The van der Waals surface area contributed by atoms with Gasteiger partial charge in [-0.3, -0.25) is 25.0 Å². The molecule has 0 radical (unpaired) electrons. The van der Waals surface area contributed by atoms with Crippen molar-refractivity contribution in [3.63, 3.8) is 0 Å². The first-order valence-corrected chi connectivity index (χ1v) is 8.33. The lowest BCUT2D eigenvalue weighted by atomic mass is 9.79. The van der Waals surface area contributed by atoms with Gasteiger partial charge in [-0.2, -0.15) is 0 Å². The van der Waals surface area contributed by atoms with E-state index >= 15 is 0 Å². The zero-order valence-electron chi connectivity index (χ0n) is 13.6. The SMILES string of the molecule is O=C1NC(=O)C([C@@H](CC(=O)c2ccc(Cl)cc2)c2ccccc2)C(=O)N1. The molecule has 0 spiro atoms. The third-order valence-electron chi connectivity index (χ3n) is 4.24. The second kappa shape index (κ2) is 7.49. The van der Waals surface area contributed by atoms with Crippen LogP contribution in [0.2, 0.25) is 5.02 Å². The van der Waals surface area contributed by atoms with Crippen molar-refractivity contribution in [1.29, 1.82) is 0 Å². The van der Waals surface area contributed by atoms with E-state index in [4.69, 9.17) is 11.6 Å². The number of hydrogen-bond donors (Lipinski definition) is 2. The minimum Gasteiger partial charge on any atom is -0.294 e. The molecule has 1 saturated heterocycles. The van der Waals surface area contributed by atoms with Gasteiger partial charge in [-0.25, -0.2) is 4.79 Å². The maximum atomic E-state index is 12.7. The van der Waals surface area contributed by atoms with E-state index in [1.165, 1.54) is 0 Å². The first kappa shape index (κ1) is 17.8. The molecule has 7 heteroatoms. The van der Waals surface area contributed by atoms with E-state index in [1.807, 2.05) is 0 Å². The van der Waals surface area contributed by atoms with Gasteiger partial charge in [0.25, 0.3) is 0 Å². The molecule has 1 fully saturated rings. The van der Waals surface area contributed by atoms with E-state index in [1.54, 1.807) is 54.6 Å². The molecule has 1 aliphatic rings. The number of ketones is 1. The van der Waals surface area contributed by atoms with E-state index in [0.29, 0.717) is 16.1 Å². The Morgan fingerprint density at radius 2 is 1.50 bits per heavy atom. The lowest BCUT2D eigenvalue weighted by Crippen LogP contribution is -2.57. The van der Waals surface area contributed by atoms with Crippen molar-refractivity contribution in [3.05, 3.63) is 70.7 Å². The summed E-state index contributed by atoms with van der Waals surface area (Å²) in [4.78, 5) is 48.5. The molecule has 0 aliphatic carbocycles. The van der Waals surface area contributed by atoms with Gasteiger partial charge in [-0.1, -0.05) is 41.9 Å². The highest BCUT2D eigenvalue weighted by Gasteiger charge is 2.41. The van der Waals surface area contributed by atoms with Gasteiger partial charge in [-0.15, -0.1) is 0 Å². The quantitative estimate of drug-likeness (QED) is 0.625. The zero-order chi connectivity index (χ0) is 18.7. The highest BCUT2D eigenvalue weighted by atomic mass is 35.5. The molecule has 1 atom stereocenters. The van der Waals surface area contributed by atoms with Crippen LogP contribution in [0.4, 0.5) is 4.79 Å². The van der Waals surface area contributed by atoms with Crippen LogP contribution in [0.15, 0.2) is 54.6 Å². The first-order chi connectivity index (χ1) is 12.5. The number of carbonyl (C=O) groups excluding carboxylic acids is 4. The molecule has 0 aromatic heterocycles. The number of amides is 4. The Balaban J connectivity index is 1.92. The second-order valence-corrected chi connectivity index (χ2v) is 6.37. The average molecular weight is 371 g/mol. The predicted molar refractivity (Wildman–Crippen MR) is 94.8 cm³/mol. The Kier molecular flexibility index (Phi) is 5.14. The molecule has 132 valence electrons. The number of hydrogen-bond acceptors (Lipinski definition) is 4. The Labute approximate surface area is 154 Å². The molecule has 0 unspecified atom stereocenters. The normalized spacial score (nSPS) is 16.0. The molecular formula is C19H15ClN2O4. The van der Waals surface area contributed by atoms with E-state index < -0.39 is 29.7 Å². The lowest BCUT2D eigenvalue weighted by Gasteiger charge is -2.28. The number of urea groups is 1. The van der Waals surface area contributed by atoms with Crippen molar-refractivity contribution in [2.24, 2.45) is 5.92 Å². The van der Waals surface area contributed by atoms with Crippen molar-refractivity contribution >= 4 is 35.2 Å². The highest BCUT2D eigenvalue weighted by molar-refractivity contribution is 6.30. The summed E-state index contributed by atoms with van der Waals surface area (Å²) in [7, 11) is 0. The molecule has 26 heavy (non-hydrogen) atoms. The van der Waals surface area contributed by atoms with Crippen molar-refractivity contribution in [2.75, 3.05) is 0 Å². The number of halogens is 1. The van der Waals surface area contributed by atoms with Gasteiger partial charge in [-0.05, 0) is 29.8 Å². The minimum absolute atomic E-state index is 0.0641. The number of barbiturate groups is 1. The largest absolute Gasteiger partial charge is 0.328 e. The number of rotatable bonds is 5. The fourth-order valence-corrected chi connectivity index (χ4v) is 3.10. The van der Waals surface area contributed by atoms with Gasteiger partial charge in [0.05, 0.1) is 0 Å². The van der Waals surface area contributed by atoms with E-state index in [-0.39, 0.29) is 12.2 Å². The van der Waals surface area contributed by atoms with Crippen LogP contribution in [0.3, 0.4) is 0 Å². The van der Waals surface area contributed by atoms with Gasteiger partial charge in [0, 0.05) is 22.9 Å². The maximum absolute atomic E-state index is 12.7. The van der Waals surface area contributed by atoms with Crippen LogP contribution in [-0.2, 0) is 9.59 Å². The summed E-state index contributed by atoms with van der Waals surface area (Å²) < 4.78 is 0. The van der Waals surface area contributed by atoms with Gasteiger partial charge < -0.3 is 0 Å². The monoisotopic (exact) mass is 370 g/mol. The number of imide groups is 2. The second-order valence-electron chi connectivity index (χ2n) is 5.94. The lowest BCUT2D eigenvalue weighted by molar-refractivity contribution is -0.136. The molecule has 1 aliphatic heterocycles. The molecule has 2 N–H and O–H groups in total. The van der Waals surface area contributed by atoms with Crippen LogP contribution in [-0.4, -0.2) is 23.6 Å². The molecule has 4 amide bonds. The molecule has 2 aromatic carbocycles. The number of benzene rings is 2. The number of Topliss-reactive ketones (excluding diaryl/α,β-unsaturated/α-hetero) is 1. The molecule has 0 bridgehead atoms. The van der Waals surface area contributed by atoms with E-state index in [2.05, 4.69) is 10.6 Å². The molecule has 2 aromatic rings. The average Bonchev–Trinajstić information content (AvgIpc) is 2.61. The summed E-state index contributed by atoms with van der Waals surface area (Å²) in [6.07, 6.45) is -0.0641. The van der Waals surface area contributed by atoms with Crippen LogP contribution in [0.1, 0.15) is 28.3 Å². The summed E-state index contributed by atoms with van der Waals surface area (Å²) in [5.41, 5.74) is 1.10. The fraction of sp³-hybridized carbons (Fsp3) is 0.158. The smallest absolute Gasteiger partial charge is 0.294 e. The number of carbonyl (C=O) groups is 4. The number of nitrogens with one attached hydrogen (secondary N) is 2. The zero-order valence-corrected chi connectivity index (χ0v) is 14.3. The summed E-state index contributed by atoms with van der Waals surface area (Å²) in [6.45, 7) is 0. The molecule has 3 rings (SSSR count). The third-order valence-corrected chi connectivity index (χ3v) is 4.49. The van der Waals surface area contributed by atoms with Crippen molar-refractivity contribution in [1.82, 2.24) is 10.6 Å². The first-order valence-electron chi connectivity index (χ1n) is 7.95. The molecule has 6 nitrogen and oxygen atoms in total. The van der Waals surface area contributed by atoms with Crippen LogP contribution >= 0.6 is 11.6 Å². The Morgan fingerprint density at radius 1 is 0.923 bits per heavy atom. The topological polar surface area (TPSA) is 92.3 Å². The predicted octanol–water partition coefficient (Wildman–Crippen LogP) is 2.68. The molecular weight excluding hydrogens is 356 g/mol. The van der Waals surface area contributed by atoms with Crippen molar-refractivity contribution in [3.8, 4) is 0 Å². The third kappa shape index (κ3) is 3.81. The van der Waals surface area contributed by atoms with Gasteiger partial charge in [0.2, 0.25) is 11.8 Å². The van der Waals surface area contributed by atoms with Crippen LogP contribution in [0, 0.1) is 5.92 Å². The highest BCUT2D eigenvalue weighted by Crippen LogP contribution is 2.31. The van der Waals surface area contributed by atoms with Gasteiger partial charge >= 0.3 is 6.03 Å². The summed E-state index contributed by atoms with van der Waals surface area (Å²) >= 11 is 5.84. The summed E-state index contributed by atoms with van der Waals surface area (Å²) in [5, 5.41) is 4.69. The standard InChI is InChI=1S/C19H15ClN2O4/c20-13-8-6-12(7-9-13)15(23)10-14(11-4-2-1-3-5-11)16-17(24)21-19(26)22-18(16)25/h1-9,14,16H,10H2,(H2,21,22,24,25,26)/t14-/m0/s1. The van der Waals surface area contributed by atoms with Crippen molar-refractivity contribution < 1.29 is 19.2 Å². The molecule has 1 heterocycles. The molecule has 0 saturated carbocycles. The van der Waals surface area contributed by atoms with E-state index in [0.717, 1.165) is 0 Å². The minimum atomic E-state index is -1.17. The Bertz CT molecular complexity index is 845. The van der Waals surface area contributed by atoms with Crippen molar-refractivity contribution in [2.45, 2.75) is 12.3 Å². The fourth-order valence-electron chi connectivity index (χ4n) is 2.98. The Hall–Kier alpha value is -2.99.